The monoisotopic (exact) mass is 326 g/mol. The van der Waals surface area contributed by atoms with E-state index in [9.17, 15) is 8.78 Å². The zero-order valence-corrected chi connectivity index (χ0v) is 12.1. The molecule has 0 atom stereocenters. The number of thiazole rings is 1. The molecule has 1 N–H and O–H groups in total. The van der Waals surface area contributed by atoms with E-state index in [1.54, 1.807) is 18.2 Å². The second-order valence-electron chi connectivity index (χ2n) is 4.16. The van der Waals surface area contributed by atoms with Crippen LogP contribution in [0, 0.1) is 0 Å². The lowest BCUT2D eigenvalue weighted by molar-refractivity contribution is -0.0498. The van der Waals surface area contributed by atoms with Gasteiger partial charge in [-0.3, -0.25) is 0 Å². The number of alkyl halides is 2. The second kappa shape index (κ2) is 5.83. The molecular formula is C14H9ClF2N2OS. The summed E-state index contributed by atoms with van der Waals surface area (Å²) in [5, 5.41) is 4.45. The molecule has 7 heteroatoms. The molecule has 3 nitrogen and oxygen atoms in total. The van der Waals surface area contributed by atoms with Crippen molar-refractivity contribution in [1.29, 1.82) is 0 Å². The van der Waals surface area contributed by atoms with Gasteiger partial charge in [-0.1, -0.05) is 22.9 Å². The highest BCUT2D eigenvalue weighted by molar-refractivity contribution is 7.22. The summed E-state index contributed by atoms with van der Waals surface area (Å²) in [4.78, 5) is 4.41. The van der Waals surface area contributed by atoms with E-state index >= 15 is 0 Å². The molecule has 0 saturated carbocycles. The maximum atomic E-state index is 12.1. The first-order chi connectivity index (χ1) is 10.1. The van der Waals surface area contributed by atoms with Gasteiger partial charge in [0.1, 0.15) is 5.75 Å². The molecule has 0 amide bonds. The summed E-state index contributed by atoms with van der Waals surface area (Å²) in [7, 11) is 0. The maximum Gasteiger partial charge on any atom is 0.387 e. The average Bonchev–Trinajstić information content (AvgIpc) is 2.82. The summed E-state index contributed by atoms with van der Waals surface area (Å²) in [6.45, 7) is -2.82. The summed E-state index contributed by atoms with van der Waals surface area (Å²) in [6, 6.07) is 11.7. The number of rotatable bonds is 4. The van der Waals surface area contributed by atoms with Crippen LogP contribution in [0.1, 0.15) is 0 Å². The zero-order valence-electron chi connectivity index (χ0n) is 10.5. The van der Waals surface area contributed by atoms with Crippen LogP contribution in [0.5, 0.6) is 5.75 Å². The van der Waals surface area contributed by atoms with Gasteiger partial charge in [-0.2, -0.15) is 8.78 Å². The predicted molar refractivity (Wildman–Crippen MR) is 81.0 cm³/mol. The van der Waals surface area contributed by atoms with Gasteiger partial charge in [0.25, 0.3) is 0 Å². The van der Waals surface area contributed by atoms with Gasteiger partial charge in [0.2, 0.25) is 0 Å². The van der Waals surface area contributed by atoms with E-state index in [1.165, 1.54) is 23.5 Å². The van der Waals surface area contributed by atoms with Crippen molar-refractivity contribution >= 4 is 44.0 Å². The van der Waals surface area contributed by atoms with Crippen LogP contribution < -0.4 is 10.1 Å². The highest BCUT2D eigenvalue weighted by Gasteiger charge is 2.06. The van der Waals surface area contributed by atoms with E-state index in [2.05, 4.69) is 15.0 Å². The molecule has 0 aliphatic carbocycles. The van der Waals surface area contributed by atoms with Crippen molar-refractivity contribution in [3.05, 3.63) is 47.5 Å². The van der Waals surface area contributed by atoms with Gasteiger partial charge in [0.05, 0.1) is 10.2 Å². The lowest BCUT2D eigenvalue weighted by Gasteiger charge is -2.06. The molecule has 3 rings (SSSR count). The fourth-order valence-electron chi connectivity index (χ4n) is 1.80. The number of fused-ring (bicyclic) bond motifs is 1. The minimum atomic E-state index is -2.82. The summed E-state index contributed by atoms with van der Waals surface area (Å²) in [6.07, 6.45) is 0. The number of aromatic nitrogens is 1. The highest BCUT2D eigenvalue weighted by Crippen LogP contribution is 2.30. The molecule has 21 heavy (non-hydrogen) atoms. The van der Waals surface area contributed by atoms with Gasteiger partial charge in [-0.25, -0.2) is 4.98 Å². The summed E-state index contributed by atoms with van der Waals surface area (Å²) >= 11 is 7.40. The molecule has 0 radical (unpaired) electrons. The molecule has 1 aromatic heterocycles. The quantitative estimate of drug-likeness (QED) is 0.707. The largest absolute Gasteiger partial charge is 0.435 e. The molecule has 108 valence electrons. The molecular weight excluding hydrogens is 318 g/mol. The van der Waals surface area contributed by atoms with E-state index in [-0.39, 0.29) is 5.75 Å². The van der Waals surface area contributed by atoms with Crippen molar-refractivity contribution < 1.29 is 13.5 Å². The third-order valence-electron chi connectivity index (χ3n) is 2.68. The summed E-state index contributed by atoms with van der Waals surface area (Å²) in [5.74, 6) is 0.117. The van der Waals surface area contributed by atoms with Crippen LogP contribution in [0.15, 0.2) is 42.5 Å². The van der Waals surface area contributed by atoms with Crippen LogP contribution in [0.4, 0.5) is 19.6 Å². The molecule has 0 aliphatic heterocycles. The Morgan fingerprint density at radius 3 is 2.62 bits per heavy atom. The SMILES string of the molecule is FC(F)Oc1ccc(Nc2nc3cc(Cl)ccc3s2)cc1. The molecule has 0 saturated heterocycles. The standard InChI is InChI=1S/C14H9ClF2N2OS/c15-8-1-6-12-11(7-8)19-14(21-12)18-9-2-4-10(5-3-9)20-13(16)17/h1-7,13H,(H,18,19). The topological polar surface area (TPSA) is 34.1 Å². The third-order valence-corrected chi connectivity index (χ3v) is 3.87. The van der Waals surface area contributed by atoms with Crippen LogP contribution in [-0.2, 0) is 0 Å². The lowest BCUT2D eigenvalue weighted by Crippen LogP contribution is -2.01. The van der Waals surface area contributed by atoms with Crippen molar-refractivity contribution in [2.24, 2.45) is 0 Å². The normalized spacial score (nSPS) is 11.0. The fraction of sp³-hybridized carbons (Fsp3) is 0.0714. The van der Waals surface area contributed by atoms with Gasteiger partial charge >= 0.3 is 6.61 Å². The van der Waals surface area contributed by atoms with Gasteiger partial charge in [-0.05, 0) is 42.5 Å². The van der Waals surface area contributed by atoms with E-state index in [0.29, 0.717) is 10.2 Å². The molecule has 1 heterocycles. The van der Waals surface area contributed by atoms with Crippen molar-refractivity contribution in [3.63, 3.8) is 0 Å². The van der Waals surface area contributed by atoms with E-state index in [1.807, 2.05) is 12.1 Å². The number of hydrogen-bond acceptors (Lipinski definition) is 4. The average molecular weight is 327 g/mol. The van der Waals surface area contributed by atoms with E-state index < -0.39 is 6.61 Å². The summed E-state index contributed by atoms with van der Waals surface area (Å²) < 4.78 is 29.4. The van der Waals surface area contributed by atoms with Crippen LogP contribution in [-0.4, -0.2) is 11.6 Å². The van der Waals surface area contributed by atoms with Gasteiger partial charge < -0.3 is 10.1 Å². The Kier molecular flexibility index (Phi) is 3.90. The first-order valence-corrected chi connectivity index (χ1v) is 7.17. The minimum Gasteiger partial charge on any atom is -0.435 e. The fourth-order valence-corrected chi connectivity index (χ4v) is 2.83. The van der Waals surface area contributed by atoms with Crippen LogP contribution in [0.3, 0.4) is 0 Å². The Morgan fingerprint density at radius 2 is 1.90 bits per heavy atom. The maximum absolute atomic E-state index is 12.1. The van der Waals surface area contributed by atoms with Crippen LogP contribution in [0.25, 0.3) is 10.2 Å². The molecule has 0 unspecified atom stereocenters. The number of anilines is 2. The molecule has 2 aromatic carbocycles. The lowest BCUT2D eigenvalue weighted by atomic mass is 10.3. The van der Waals surface area contributed by atoms with Gasteiger partial charge in [-0.15, -0.1) is 0 Å². The Balaban J connectivity index is 1.78. The summed E-state index contributed by atoms with van der Waals surface area (Å²) in [5.41, 5.74) is 1.55. The minimum absolute atomic E-state index is 0.117. The zero-order chi connectivity index (χ0) is 14.8. The van der Waals surface area contributed by atoms with E-state index in [4.69, 9.17) is 11.6 Å². The van der Waals surface area contributed by atoms with Crippen molar-refractivity contribution in [1.82, 2.24) is 4.98 Å². The van der Waals surface area contributed by atoms with Gasteiger partial charge in [0.15, 0.2) is 5.13 Å². The molecule has 0 aliphatic rings. The van der Waals surface area contributed by atoms with E-state index in [0.717, 1.165) is 15.9 Å². The Labute approximate surface area is 128 Å². The number of halogens is 3. The smallest absolute Gasteiger partial charge is 0.387 e. The number of ether oxygens (including phenoxy) is 1. The predicted octanol–water partition coefficient (Wildman–Crippen LogP) is 5.29. The number of nitrogens with one attached hydrogen (secondary N) is 1. The molecule has 0 spiro atoms. The molecule has 0 fully saturated rings. The van der Waals surface area contributed by atoms with Crippen molar-refractivity contribution in [2.45, 2.75) is 6.61 Å². The van der Waals surface area contributed by atoms with Crippen molar-refractivity contribution in [2.75, 3.05) is 5.32 Å². The van der Waals surface area contributed by atoms with Crippen LogP contribution in [0.2, 0.25) is 5.02 Å². The van der Waals surface area contributed by atoms with Crippen LogP contribution >= 0.6 is 22.9 Å². The van der Waals surface area contributed by atoms with Crippen molar-refractivity contribution in [3.8, 4) is 5.75 Å². The Bertz CT molecular complexity index is 761. The Morgan fingerprint density at radius 1 is 1.14 bits per heavy atom. The second-order valence-corrected chi connectivity index (χ2v) is 5.63. The molecule has 0 bridgehead atoms. The number of benzene rings is 2. The number of nitrogens with zero attached hydrogens (tertiary/aromatic N) is 1. The third kappa shape index (κ3) is 3.40. The Hall–Kier alpha value is -1.92. The highest BCUT2D eigenvalue weighted by atomic mass is 35.5. The first-order valence-electron chi connectivity index (χ1n) is 5.98. The van der Waals surface area contributed by atoms with Gasteiger partial charge in [0, 0.05) is 10.7 Å². The first kappa shape index (κ1) is 14.0. The number of hydrogen-bond donors (Lipinski definition) is 1. The molecule has 3 aromatic rings.